The number of rotatable bonds is 2. The Balaban J connectivity index is 1.64. The van der Waals surface area contributed by atoms with Crippen molar-refractivity contribution < 1.29 is 9.18 Å². The lowest BCUT2D eigenvalue weighted by atomic mass is 9.99. The number of nitrogens with one attached hydrogen (secondary N) is 3. The normalized spacial score (nSPS) is 17.1. The SMILES string of the molecule is Cc1ccc(F)c2cc(C(=O)NC3CNCCc4ccccc43)[nH]c12. The Morgan fingerprint density at radius 3 is 2.92 bits per heavy atom. The molecule has 128 valence electrons. The van der Waals surface area contributed by atoms with Crippen molar-refractivity contribution in [2.45, 2.75) is 19.4 Å². The minimum absolute atomic E-state index is 0.108. The minimum atomic E-state index is -0.322. The van der Waals surface area contributed by atoms with Crippen LogP contribution in [0.15, 0.2) is 42.5 Å². The van der Waals surface area contributed by atoms with Gasteiger partial charge in [0, 0.05) is 11.9 Å². The number of aromatic amines is 1. The van der Waals surface area contributed by atoms with E-state index in [9.17, 15) is 9.18 Å². The van der Waals surface area contributed by atoms with Crippen LogP contribution in [0.4, 0.5) is 4.39 Å². The lowest BCUT2D eigenvalue weighted by molar-refractivity contribution is 0.0932. The van der Waals surface area contributed by atoms with Crippen LogP contribution in [0.2, 0.25) is 0 Å². The summed E-state index contributed by atoms with van der Waals surface area (Å²) in [5.41, 5.74) is 4.35. The van der Waals surface area contributed by atoms with E-state index in [2.05, 4.69) is 27.8 Å². The molecule has 0 aliphatic carbocycles. The first-order valence-electron chi connectivity index (χ1n) is 8.50. The van der Waals surface area contributed by atoms with E-state index >= 15 is 0 Å². The zero-order valence-electron chi connectivity index (χ0n) is 14.0. The summed E-state index contributed by atoms with van der Waals surface area (Å²) < 4.78 is 14.0. The van der Waals surface area contributed by atoms with Gasteiger partial charge in [0.15, 0.2) is 0 Å². The molecule has 1 aromatic heterocycles. The van der Waals surface area contributed by atoms with Crippen molar-refractivity contribution in [3.05, 3.63) is 70.7 Å². The Morgan fingerprint density at radius 2 is 2.08 bits per heavy atom. The number of halogens is 1. The highest BCUT2D eigenvalue weighted by Gasteiger charge is 2.21. The second kappa shape index (κ2) is 6.33. The van der Waals surface area contributed by atoms with Crippen molar-refractivity contribution in [1.29, 1.82) is 0 Å². The van der Waals surface area contributed by atoms with E-state index in [0.717, 1.165) is 24.1 Å². The fourth-order valence-electron chi connectivity index (χ4n) is 3.49. The van der Waals surface area contributed by atoms with Gasteiger partial charge in [0.05, 0.1) is 11.6 Å². The van der Waals surface area contributed by atoms with Gasteiger partial charge in [0.2, 0.25) is 0 Å². The van der Waals surface area contributed by atoms with Gasteiger partial charge in [0.25, 0.3) is 5.91 Å². The molecule has 1 aliphatic rings. The summed E-state index contributed by atoms with van der Waals surface area (Å²) in [7, 11) is 0. The Kier molecular flexibility index (Phi) is 4.01. The number of aryl methyl sites for hydroxylation is 1. The molecule has 0 saturated carbocycles. The Hall–Kier alpha value is -2.66. The topological polar surface area (TPSA) is 56.9 Å². The third-order valence-electron chi connectivity index (χ3n) is 4.85. The molecular weight excluding hydrogens is 317 g/mol. The van der Waals surface area contributed by atoms with Crippen molar-refractivity contribution >= 4 is 16.8 Å². The molecule has 4 rings (SSSR count). The molecule has 1 unspecified atom stereocenters. The third-order valence-corrected chi connectivity index (χ3v) is 4.85. The quantitative estimate of drug-likeness (QED) is 0.672. The van der Waals surface area contributed by atoms with Crippen LogP contribution in [0.5, 0.6) is 0 Å². The summed E-state index contributed by atoms with van der Waals surface area (Å²) in [4.78, 5) is 15.8. The molecular formula is C20H20FN3O. The molecule has 4 nitrogen and oxygen atoms in total. The smallest absolute Gasteiger partial charge is 0.268 e. The molecule has 0 saturated heterocycles. The van der Waals surface area contributed by atoms with Crippen LogP contribution in [0.1, 0.15) is 33.2 Å². The zero-order valence-corrected chi connectivity index (χ0v) is 14.0. The number of aromatic nitrogens is 1. The van der Waals surface area contributed by atoms with Crippen LogP contribution >= 0.6 is 0 Å². The van der Waals surface area contributed by atoms with Crippen LogP contribution in [0, 0.1) is 12.7 Å². The van der Waals surface area contributed by atoms with E-state index in [1.807, 2.05) is 19.1 Å². The predicted molar refractivity (Wildman–Crippen MR) is 96.2 cm³/mol. The second-order valence-electron chi connectivity index (χ2n) is 6.51. The molecule has 0 fully saturated rings. The maximum absolute atomic E-state index is 14.0. The summed E-state index contributed by atoms with van der Waals surface area (Å²) in [6, 6.07) is 12.8. The van der Waals surface area contributed by atoms with E-state index < -0.39 is 0 Å². The number of carbonyl (C=O) groups excluding carboxylic acids is 1. The molecule has 1 aliphatic heterocycles. The highest BCUT2D eigenvalue weighted by Crippen LogP contribution is 2.24. The fraction of sp³-hybridized carbons (Fsp3) is 0.250. The van der Waals surface area contributed by atoms with Gasteiger partial charge in [-0.1, -0.05) is 30.3 Å². The van der Waals surface area contributed by atoms with Gasteiger partial charge in [-0.3, -0.25) is 4.79 Å². The summed E-state index contributed by atoms with van der Waals surface area (Å²) in [6.07, 6.45) is 0.944. The van der Waals surface area contributed by atoms with Crippen LogP contribution in [-0.2, 0) is 6.42 Å². The van der Waals surface area contributed by atoms with E-state index in [-0.39, 0.29) is 17.8 Å². The number of amides is 1. The first-order valence-corrected chi connectivity index (χ1v) is 8.50. The van der Waals surface area contributed by atoms with Gasteiger partial charge in [0.1, 0.15) is 11.5 Å². The largest absolute Gasteiger partial charge is 0.350 e. The summed E-state index contributed by atoms with van der Waals surface area (Å²) >= 11 is 0. The first kappa shape index (κ1) is 15.8. The molecule has 3 aromatic rings. The maximum atomic E-state index is 14.0. The standard InChI is InChI=1S/C20H20FN3O/c1-12-6-7-16(21)15-10-17(23-19(12)15)20(25)24-18-11-22-9-8-13-4-2-3-5-14(13)18/h2-7,10,18,22-23H,8-9,11H2,1H3,(H,24,25). The molecule has 25 heavy (non-hydrogen) atoms. The summed E-state index contributed by atoms with van der Waals surface area (Å²) in [5.74, 6) is -0.545. The van der Waals surface area contributed by atoms with Crippen LogP contribution in [0.3, 0.4) is 0 Å². The van der Waals surface area contributed by atoms with Crippen molar-refractivity contribution in [3.63, 3.8) is 0 Å². The minimum Gasteiger partial charge on any atom is -0.350 e. The highest BCUT2D eigenvalue weighted by molar-refractivity contribution is 5.99. The van der Waals surface area contributed by atoms with E-state index in [0.29, 0.717) is 23.1 Å². The average Bonchev–Trinajstić information content (AvgIpc) is 2.99. The number of fused-ring (bicyclic) bond motifs is 2. The average molecular weight is 337 g/mol. The molecule has 0 bridgehead atoms. The van der Waals surface area contributed by atoms with Crippen LogP contribution in [0.25, 0.3) is 10.9 Å². The second-order valence-corrected chi connectivity index (χ2v) is 6.51. The van der Waals surface area contributed by atoms with Gasteiger partial charge in [-0.25, -0.2) is 4.39 Å². The van der Waals surface area contributed by atoms with Gasteiger partial charge in [-0.05, 0) is 48.7 Å². The van der Waals surface area contributed by atoms with Crippen LogP contribution in [-0.4, -0.2) is 24.0 Å². The lowest BCUT2D eigenvalue weighted by Crippen LogP contribution is -2.35. The monoisotopic (exact) mass is 337 g/mol. The fourth-order valence-corrected chi connectivity index (χ4v) is 3.49. The van der Waals surface area contributed by atoms with E-state index in [1.54, 1.807) is 12.1 Å². The highest BCUT2D eigenvalue weighted by atomic mass is 19.1. The summed E-state index contributed by atoms with van der Waals surface area (Å²) in [6.45, 7) is 3.46. The van der Waals surface area contributed by atoms with Gasteiger partial charge < -0.3 is 15.6 Å². The number of hydrogen-bond donors (Lipinski definition) is 3. The molecule has 0 radical (unpaired) electrons. The van der Waals surface area contributed by atoms with Crippen LogP contribution < -0.4 is 10.6 Å². The van der Waals surface area contributed by atoms with Crippen molar-refractivity contribution in [2.75, 3.05) is 13.1 Å². The predicted octanol–water partition coefficient (Wildman–Crippen LogP) is 3.23. The molecule has 3 N–H and O–H groups in total. The Bertz CT molecular complexity index is 908. The molecule has 1 atom stereocenters. The van der Waals surface area contributed by atoms with Gasteiger partial charge in [-0.2, -0.15) is 0 Å². The maximum Gasteiger partial charge on any atom is 0.268 e. The number of hydrogen-bond acceptors (Lipinski definition) is 2. The summed E-state index contributed by atoms with van der Waals surface area (Å²) in [5, 5.41) is 6.89. The van der Waals surface area contributed by atoms with Crippen molar-refractivity contribution in [3.8, 4) is 0 Å². The van der Waals surface area contributed by atoms with Crippen molar-refractivity contribution in [2.24, 2.45) is 0 Å². The Labute approximate surface area is 145 Å². The molecule has 2 aromatic carbocycles. The van der Waals surface area contributed by atoms with E-state index in [1.165, 1.54) is 11.6 Å². The van der Waals surface area contributed by atoms with Crippen molar-refractivity contribution in [1.82, 2.24) is 15.6 Å². The number of carbonyl (C=O) groups is 1. The molecule has 1 amide bonds. The van der Waals surface area contributed by atoms with E-state index in [4.69, 9.17) is 0 Å². The van der Waals surface area contributed by atoms with Gasteiger partial charge >= 0.3 is 0 Å². The zero-order chi connectivity index (χ0) is 17.4. The molecule has 5 heteroatoms. The molecule has 2 heterocycles. The van der Waals surface area contributed by atoms with Gasteiger partial charge in [-0.15, -0.1) is 0 Å². The Morgan fingerprint density at radius 1 is 1.24 bits per heavy atom. The molecule has 0 spiro atoms. The first-order chi connectivity index (χ1) is 12.1. The number of benzene rings is 2. The third kappa shape index (κ3) is 2.91. The lowest BCUT2D eigenvalue weighted by Gasteiger charge is -2.19. The number of H-pyrrole nitrogens is 1.